The van der Waals surface area contributed by atoms with Gasteiger partial charge in [-0.2, -0.15) is 0 Å². The lowest BCUT2D eigenvalue weighted by atomic mass is 9.76. The zero-order valence-electron chi connectivity index (χ0n) is 9.21. The van der Waals surface area contributed by atoms with E-state index >= 15 is 0 Å². The fraction of sp³-hybridized carbons (Fsp3) is 0.917. The minimum Gasteiger partial charge on any atom is -0.370 e. The molecule has 0 spiro atoms. The van der Waals surface area contributed by atoms with Gasteiger partial charge in [0.05, 0.1) is 0 Å². The Labute approximate surface area is 86.0 Å². The molecule has 2 saturated carbocycles. The molecule has 0 bridgehead atoms. The molecule has 80 valence electrons. The molecule has 0 N–H and O–H groups in total. The minimum atomic E-state index is -0.395. The van der Waals surface area contributed by atoms with Crippen LogP contribution in [-0.2, 0) is 9.53 Å². The van der Waals surface area contributed by atoms with Crippen molar-refractivity contribution in [2.75, 3.05) is 7.11 Å². The van der Waals surface area contributed by atoms with Crippen LogP contribution in [0.3, 0.4) is 0 Å². The first kappa shape index (κ1) is 10.2. The molecule has 0 aromatic rings. The maximum absolute atomic E-state index is 12.1. The monoisotopic (exact) mass is 196 g/mol. The number of carbonyl (C=O) groups is 1. The Morgan fingerprint density at radius 3 is 2.21 bits per heavy atom. The number of hydrogen-bond acceptors (Lipinski definition) is 2. The van der Waals surface area contributed by atoms with Gasteiger partial charge in [0.2, 0.25) is 0 Å². The van der Waals surface area contributed by atoms with Crippen LogP contribution < -0.4 is 0 Å². The van der Waals surface area contributed by atoms with E-state index in [1.807, 2.05) is 0 Å². The SMILES string of the molecule is COC1(C(=O)C2CC2)CCC(C)CC1. The first-order chi connectivity index (χ1) is 6.68. The van der Waals surface area contributed by atoms with Crippen LogP contribution in [0, 0.1) is 11.8 Å². The van der Waals surface area contributed by atoms with E-state index < -0.39 is 5.60 Å². The summed E-state index contributed by atoms with van der Waals surface area (Å²) in [6, 6.07) is 0. The van der Waals surface area contributed by atoms with E-state index in [0.29, 0.717) is 11.7 Å². The summed E-state index contributed by atoms with van der Waals surface area (Å²) in [6.45, 7) is 2.27. The van der Waals surface area contributed by atoms with Gasteiger partial charge in [-0.1, -0.05) is 6.92 Å². The van der Waals surface area contributed by atoms with Crippen LogP contribution in [0.15, 0.2) is 0 Å². The van der Waals surface area contributed by atoms with Crippen LogP contribution in [-0.4, -0.2) is 18.5 Å². The second kappa shape index (κ2) is 3.65. The van der Waals surface area contributed by atoms with Crippen molar-refractivity contribution in [1.29, 1.82) is 0 Å². The highest BCUT2D eigenvalue weighted by molar-refractivity contribution is 5.91. The molecule has 0 atom stereocenters. The summed E-state index contributed by atoms with van der Waals surface area (Å²) in [5.74, 6) is 1.50. The largest absolute Gasteiger partial charge is 0.370 e. The highest BCUT2D eigenvalue weighted by Gasteiger charge is 2.47. The molecule has 2 aliphatic carbocycles. The number of ketones is 1. The van der Waals surface area contributed by atoms with Crippen molar-refractivity contribution in [2.24, 2.45) is 11.8 Å². The van der Waals surface area contributed by atoms with Gasteiger partial charge < -0.3 is 4.74 Å². The molecule has 0 saturated heterocycles. The molecule has 0 unspecified atom stereocenters. The lowest BCUT2D eigenvalue weighted by Crippen LogP contribution is -2.44. The predicted molar refractivity (Wildman–Crippen MR) is 55.1 cm³/mol. The van der Waals surface area contributed by atoms with E-state index in [-0.39, 0.29) is 0 Å². The molecule has 2 aliphatic rings. The van der Waals surface area contributed by atoms with E-state index in [0.717, 1.165) is 44.4 Å². The quantitative estimate of drug-likeness (QED) is 0.693. The van der Waals surface area contributed by atoms with E-state index in [4.69, 9.17) is 4.74 Å². The lowest BCUT2D eigenvalue weighted by Gasteiger charge is -2.37. The molecule has 14 heavy (non-hydrogen) atoms. The fourth-order valence-corrected chi connectivity index (χ4v) is 2.50. The van der Waals surface area contributed by atoms with Crippen molar-refractivity contribution < 1.29 is 9.53 Å². The Hall–Kier alpha value is -0.370. The topological polar surface area (TPSA) is 26.3 Å². The molecule has 0 aromatic carbocycles. The highest BCUT2D eigenvalue weighted by Crippen LogP contribution is 2.42. The summed E-state index contributed by atoms with van der Waals surface area (Å²) < 4.78 is 5.54. The molecule has 0 radical (unpaired) electrons. The van der Waals surface area contributed by atoms with Crippen LogP contribution >= 0.6 is 0 Å². The average molecular weight is 196 g/mol. The Balaban J connectivity index is 2.05. The van der Waals surface area contributed by atoms with E-state index in [9.17, 15) is 4.79 Å². The van der Waals surface area contributed by atoms with Gasteiger partial charge in [-0.05, 0) is 44.4 Å². The lowest BCUT2D eigenvalue weighted by molar-refractivity contribution is -0.147. The molecule has 2 heteroatoms. The van der Waals surface area contributed by atoms with Gasteiger partial charge in [-0.25, -0.2) is 0 Å². The Bertz CT molecular complexity index is 222. The summed E-state index contributed by atoms with van der Waals surface area (Å²) in [5, 5.41) is 0. The molecule has 0 amide bonds. The zero-order valence-corrected chi connectivity index (χ0v) is 9.21. The molecule has 0 aromatic heterocycles. The number of hydrogen-bond donors (Lipinski definition) is 0. The first-order valence-electron chi connectivity index (χ1n) is 5.77. The van der Waals surface area contributed by atoms with Crippen molar-refractivity contribution in [1.82, 2.24) is 0 Å². The number of carbonyl (C=O) groups excluding carboxylic acids is 1. The number of Topliss-reactive ketones (excluding diaryl/α,β-unsaturated/α-hetero) is 1. The number of ether oxygens (including phenoxy) is 1. The third-order valence-electron chi connectivity index (χ3n) is 3.87. The highest BCUT2D eigenvalue weighted by atomic mass is 16.5. The maximum atomic E-state index is 12.1. The summed E-state index contributed by atoms with van der Waals surface area (Å²) >= 11 is 0. The van der Waals surface area contributed by atoms with Crippen molar-refractivity contribution in [2.45, 2.75) is 51.0 Å². The fourth-order valence-electron chi connectivity index (χ4n) is 2.50. The van der Waals surface area contributed by atoms with E-state index in [2.05, 4.69) is 6.92 Å². The van der Waals surface area contributed by atoms with Gasteiger partial charge in [0.25, 0.3) is 0 Å². The summed E-state index contributed by atoms with van der Waals surface area (Å²) in [4.78, 5) is 12.1. The van der Waals surface area contributed by atoms with Crippen LogP contribution in [0.5, 0.6) is 0 Å². The van der Waals surface area contributed by atoms with Crippen molar-refractivity contribution in [3.05, 3.63) is 0 Å². The maximum Gasteiger partial charge on any atom is 0.167 e. The Morgan fingerprint density at radius 1 is 1.21 bits per heavy atom. The number of methoxy groups -OCH3 is 1. The van der Waals surface area contributed by atoms with Crippen LogP contribution in [0.1, 0.15) is 45.4 Å². The molecule has 2 rings (SSSR count). The third kappa shape index (κ3) is 1.72. The molecule has 0 heterocycles. The van der Waals surface area contributed by atoms with Gasteiger partial charge >= 0.3 is 0 Å². The first-order valence-corrected chi connectivity index (χ1v) is 5.77. The van der Waals surface area contributed by atoms with Crippen LogP contribution in [0.2, 0.25) is 0 Å². The second-order valence-electron chi connectivity index (χ2n) is 5.02. The summed E-state index contributed by atoms with van der Waals surface area (Å²) in [6.07, 6.45) is 6.37. The smallest absolute Gasteiger partial charge is 0.167 e. The molecular formula is C12H20O2. The Kier molecular flexibility index (Phi) is 2.65. The molecular weight excluding hydrogens is 176 g/mol. The third-order valence-corrected chi connectivity index (χ3v) is 3.87. The van der Waals surface area contributed by atoms with Gasteiger partial charge in [0.1, 0.15) is 5.60 Å². The summed E-state index contributed by atoms with van der Waals surface area (Å²) in [5.41, 5.74) is -0.395. The normalized spacial score (nSPS) is 38.3. The van der Waals surface area contributed by atoms with Crippen LogP contribution in [0.25, 0.3) is 0 Å². The van der Waals surface area contributed by atoms with E-state index in [1.165, 1.54) is 0 Å². The Morgan fingerprint density at radius 2 is 1.79 bits per heavy atom. The van der Waals surface area contributed by atoms with Gasteiger partial charge in [-0.3, -0.25) is 4.79 Å². The second-order valence-corrected chi connectivity index (χ2v) is 5.02. The van der Waals surface area contributed by atoms with Gasteiger partial charge in [0.15, 0.2) is 5.78 Å². The van der Waals surface area contributed by atoms with Crippen molar-refractivity contribution in [3.8, 4) is 0 Å². The molecule has 2 fully saturated rings. The summed E-state index contributed by atoms with van der Waals surface area (Å²) in [7, 11) is 1.70. The van der Waals surface area contributed by atoms with Crippen molar-refractivity contribution >= 4 is 5.78 Å². The molecule has 0 aliphatic heterocycles. The standard InChI is InChI=1S/C12H20O2/c1-9-5-7-12(14-2,8-6-9)11(13)10-3-4-10/h9-10H,3-8H2,1-2H3. The van der Waals surface area contributed by atoms with Crippen molar-refractivity contribution in [3.63, 3.8) is 0 Å². The molecule has 2 nitrogen and oxygen atoms in total. The van der Waals surface area contributed by atoms with E-state index in [1.54, 1.807) is 7.11 Å². The van der Waals surface area contributed by atoms with Crippen LogP contribution in [0.4, 0.5) is 0 Å². The predicted octanol–water partition coefficient (Wildman–Crippen LogP) is 2.56. The van der Waals surface area contributed by atoms with Gasteiger partial charge in [0, 0.05) is 13.0 Å². The average Bonchev–Trinajstić information content (AvgIpc) is 3.02. The number of rotatable bonds is 3. The zero-order chi connectivity index (χ0) is 10.2. The minimum absolute atomic E-state index is 0.336. The van der Waals surface area contributed by atoms with Gasteiger partial charge in [-0.15, -0.1) is 0 Å².